The van der Waals surface area contributed by atoms with Crippen molar-refractivity contribution in [3.8, 4) is 11.8 Å². The van der Waals surface area contributed by atoms with Crippen LogP contribution in [0.25, 0.3) is 0 Å². The SMILES string of the molecule is COc1c(Br)cc(F)cc1C(C)(C)C#N. The van der Waals surface area contributed by atoms with E-state index in [1.807, 2.05) is 0 Å². The number of halogens is 2. The van der Waals surface area contributed by atoms with Gasteiger partial charge in [-0.05, 0) is 41.9 Å². The van der Waals surface area contributed by atoms with Gasteiger partial charge in [0.2, 0.25) is 0 Å². The van der Waals surface area contributed by atoms with Gasteiger partial charge >= 0.3 is 0 Å². The van der Waals surface area contributed by atoms with Gasteiger partial charge in [0.1, 0.15) is 11.6 Å². The molecule has 0 heterocycles. The number of benzene rings is 1. The van der Waals surface area contributed by atoms with Crippen molar-refractivity contribution in [2.45, 2.75) is 19.3 Å². The molecule has 0 spiro atoms. The van der Waals surface area contributed by atoms with Crippen molar-refractivity contribution >= 4 is 15.9 Å². The summed E-state index contributed by atoms with van der Waals surface area (Å²) < 4.78 is 18.9. The number of nitriles is 1. The van der Waals surface area contributed by atoms with Gasteiger partial charge in [-0.2, -0.15) is 5.26 Å². The zero-order chi connectivity index (χ0) is 11.6. The van der Waals surface area contributed by atoms with Gasteiger partial charge in [0.05, 0.1) is 23.1 Å². The first-order valence-electron chi connectivity index (χ1n) is 4.37. The summed E-state index contributed by atoms with van der Waals surface area (Å²) in [6.45, 7) is 3.44. The highest BCUT2D eigenvalue weighted by Crippen LogP contribution is 2.37. The third-order valence-corrected chi connectivity index (χ3v) is 2.75. The van der Waals surface area contributed by atoms with Crippen molar-refractivity contribution in [1.82, 2.24) is 0 Å². The lowest BCUT2D eigenvalue weighted by Gasteiger charge is -2.20. The molecule has 1 aromatic carbocycles. The van der Waals surface area contributed by atoms with Crippen LogP contribution in [0.4, 0.5) is 4.39 Å². The summed E-state index contributed by atoms with van der Waals surface area (Å²) in [6, 6.07) is 4.76. The molecular weight excluding hydrogens is 261 g/mol. The van der Waals surface area contributed by atoms with Crippen molar-refractivity contribution in [2.24, 2.45) is 0 Å². The first-order valence-corrected chi connectivity index (χ1v) is 5.16. The second-order valence-electron chi connectivity index (χ2n) is 3.71. The molecule has 0 aromatic heterocycles. The van der Waals surface area contributed by atoms with Crippen molar-refractivity contribution in [2.75, 3.05) is 7.11 Å². The lowest BCUT2D eigenvalue weighted by Crippen LogP contribution is -2.16. The molecular formula is C11H11BrFNO. The highest BCUT2D eigenvalue weighted by Gasteiger charge is 2.26. The molecule has 0 fully saturated rings. The van der Waals surface area contributed by atoms with Crippen molar-refractivity contribution in [3.05, 3.63) is 28.0 Å². The maximum atomic E-state index is 13.2. The first-order chi connectivity index (χ1) is 6.92. The van der Waals surface area contributed by atoms with E-state index in [4.69, 9.17) is 10.00 Å². The van der Waals surface area contributed by atoms with Crippen LogP contribution in [-0.4, -0.2) is 7.11 Å². The van der Waals surface area contributed by atoms with Crippen LogP contribution < -0.4 is 4.74 Å². The predicted octanol–water partition coefficient (Wildman–Crippen LogP) is 3.40. The molecule has 0 bridgehead atoms. The molecule has 0 amide bonds. The van der Waals surface area contributed by atoms with Crippen molar-refractivity contribution < 1.29 is 9.13 Å². The molecule has 1 aromatic rings. The summed E-state index contributed by atoms with van der Waals surface area (Å²) in [5, 5.41) is 9.01. The van der Waals surface area contributed by atoms with E-state index in [9.17, 15) is 4.39 Å². The topological polar surface area (TPSA) is 33.0 Å². The first kappa shape index (κ1) is 12.0. The standard InChI is InChI=1S/C11H11BrFNO/c1-11(2,6-14)8-4-7(13)5-9(12)10(8)15-3/h4-5H,1-3H3. The van der Waals surface area contributed by atoms with Gasteiger partial charge in [0, 0.05) is 5.56 Å². The van der Waals surface area contributed by atoms with Gasteiger partial charge in [-0.1, -0.05) is 0 Å². The fourth-order valence-electron chi connectivity index (χ4n) is 1.29. The van der Waals surface area contributed by atoms with Crippen LogP contribution in [0, 0.1) is 17.1 Å². The Hall–Kier alpha value is -1.08. The van der Waals surface area contributed by atoms with Crippen LogP contribution >= 0.6 is 15.9 Å². The molecule has 4 heteroatoms. The number of ether oxygens (including phenoxy) is 1. The molecule has 0 aliphatic heterocycles. The maximum absolute atomic E-state index is 13.2. The Morgan fingerprint density at radius 3 is 2.53 bits per heavy atom. The Bertz CT molecular complexity index is 423. The number of rotatable bonds is 2. The summed E-state index contributed by atoms with van der Waals surface area (Å²) in [7, 11) is 1.49. The zero-order valence-electron chi connectivity index (χ0n) is 8.77. The quantitative estimate of drug-likeness (QED) is 0.826. The summed E-state index contributed by atoms with van der Waals surface area (Å²) >= 11 is 3.21. The molecule has 0 aliphatic rings. The molecule has 0 unspecified atom stereocenters. The second kappa shape index (κ2) is 4.19. The molecule has 0 saturated carbocycles. The summed E-state index contributed by atoms with van der Waals surface area (Å²) in [5.74, 6) is 0.115. The van der Waals surface area contributed by atoms with Gasteiger partial charge in [0.15, 0.2) is 0 Å². The fraction of sp³-hybridized carbons (Fsp3) is 0.364. The van der Waals surface area contributed by atoms with E-state index in [0.29, 0.717) is 15.8 Å². The zero-order valence-corrected chi connectivity index (χ0v) is 10.4. The van der Waals surface area contributed by atoms with Crippen LogP contribution in [0.2, 0.25) is 0 Å². The smallest absolute Gasteiger partial charge is 0.138 e. The predicted molar refractivity (Wildman–Crippen MR) is 59.3 cm³/mol. The third-order valence-electron chi connectivity index (χ3n) is 2.17. The monoisotopic (exact) mass is 271 g/mol. The number of nitrogens with zero attached hydrogens (tertiary/aromatic N) is 1. The Balaban J connectivity index is 3.47. The maximum Gasteiger partial charge on any atom is 0.138 e. The number of methoxy groups -OCH3 is 1. The Morgan fingerprint density at radius 1 is 1.47 bits per heavy atom. The van der Waals surface area contributed by atoms with Gasteiger partial charge < -0.3 is 4.74 Å². The average molecular weight is 272 g/mol. The van der Waals surface area contributed by atoms with Crippen molar-refractivity contribution in [3.63, 3.8) is 0 Å². The minimum absolute atomic E-state index is 0.388. The molecule has 0 atom stereocenters. The molecule has 0 N–H and O–H groups in total. The van der Waals surface area contributed by atoms with Crippen LogP contribution in [0.1, 0.15) is 19.4 Å². The molecule has 0 aliphatic carbocycles. The van der Waals surface area contributed by atoms with Crippen LogP contribution in [0.15, 0.2) is 16.6 Å². The Kier molecular flexibility index (Phi) is 3.35. The highest BCUT2D eigenvalue weighted by molar-refractivity contribution is 9.10. The molecule has 0 saturated heterocycles. The minimum Gasteiger partial charge on any atom is -0.495 e. The second-order valence-corrected chi connectivity index (χ2v) is 4.56. The summed E-state index contributed by atoms with van der Waals surface area (Å²) in [4.78, 5) is 0. The summed E-state index contributed by atoms with van der Waals surface area (Å²) in [6.07, 6.45) is 0. The molecule has 15 heavy (non-hydrogen) atoms. The molecule has 0 radical (unpaired) electrons. The lowest BCUT2D eigenvalue weighted by molar-refractivity contribution is 0.398. The van der Waals surface area contributed by atoms with Gasteiger partial charge in [-0.3, -0.25) is 0 Å². The van der Waals surface area contributed by atoms with E-state index in [0.717, 1.165) is 0 Å². The van der Waals surface area contributed by atoms with Gasteiger partial charge in [0.25, 0.3) is 0 Å². The summed E-state index contributed by atoms with van der Waals surface area (Å²) in [5.41, 5.74) is -0.241. The van der Waals surface area contributed by atoms with Gasteiger partial charge in [-0.25, -0.2) is 4.39 Å². The van der Waals surface area contributed by atoms with Crippen LogP contribution in [-0.2, 0) is 5.41 Å². The minimum atomic E-state index is -0.782. The Morgan fingerprint density at radius 2 is 2.07 bits per heavy atom. The third kappa shape index (κ3) is 2.29. The van der Waals surface area contributed by atoms with E-state index in [-0.39, 0.29) is 5.82 Å². The Labute approximate surface area is 96.8 Å². The van der Waals surface area contributed by atoms with Crippen LogP contribution in [0.3, 0.4) is 0 Å². The number of hydrogen-bond donors (Lipinski definition) is 0. The molecule has 2 nitrogen and oxygen atoms in total. The highest BCUT2D eigenvalue weighted by atomic mass is 79.9. The molecule has 80 valence electrons. The number of hydrogen-bond acceptors (Lipinski definition) is 2. The normalized spacial score (nSPS) is 10.9. The van der Waals surface area contributed by atoms with Crippen LogP contribution in [0.5, 0.6) is 5.75 Å². The van der Waals surface area contributed by atoms with E-state index in [1.165, 1.54) is 19.2 Å². The van der Waals surface area contributed by atoms with E-state index in [2.05, 4.69) is 22.0 Å². The van der Waals surface area contributed by atoms with Crippen molar-refractivity contribution in [1.29, 1.82) is 5.26 Å². The largest absolute Gasteiger partial charge is 0.495 e. The van der Waals surface area contributed by atoms with E-state index >= 15 is 0 Å². The fourth-order valence-corrected chi connectivity index (χ4v) is 1.89. The van der Waals surface area contributed by atoms with E-state index in [1.54, 1.807) is 13.8 Å². The molecule has 1 rings (SSSR count). The average Bonchev–Trinajstić information content (AvgIpc) is 2.16. The van der Waals surface area contributed by atoms with E-state index < -0.39 is 5.41 Å². The van der Waals surface area contributed by atoms with Gasteiger partial charge in [-0.15, -0.1) is 0 Å². The lowest BCUT2D eigenvalue weighted by atomic mass is 9.85.